The average Bonchev–Trinajstić information content (AvgIpc) is 2.01. The first kappa shape index (κ1) is 12.0. The van der Waals surface area contributed by atoms with E-state index in [4.69, 9.17) is 4.74 Å². The summed E-state index contributed by atoms with van der Waals surface area (Å²) < 4.78 is 5.98. The van der Waals surface area contributed by atoms with Crippen molar-refractivity contribution in [3.05, 3.63) is 0 Å². The first-order valence-corrected chi connectivity index (χ1v) is 5.84. The van der Waals surface area contributed by atoms with Gasteiger partial charge in [0.2, 0.25) is 0 Å². The van der Waals surface area contributed by atoms with Crippen LogP contribution in [0.1, 0.15) is 54.4 Å². The van der Waals surface area contributed by atoms with E-state index in [1.807, 2.05) is 0 Å². The second-order valence-electron chi connectivity index (χ2n) is 6.77. The van der Waals surface area contributed by atoms with Crippen molar-refractivity contribution in [3.63, 3.8) is 0 Å². The molecule has 1 heteroatoms. The third-order valence-electron chi connectivity index (χ3n) is 3.29. The van der Waals surface area contributed by atoms with Crippen molar-refractivity contribution in [2.45, 2.75) is 60.5 Å². The SMILES string of the molecule is CC(C)(C)C1OCCC[C@@H]1C(C)(C)C. The van der Waals surface area contributed by atoms with Crippen LogP contribution in [0.15, 0.2) is 0 Å². The number of ether oxygens (including phenoxy) is 1. The zero-order valence-electron chi connectivity index (χ0n) is 10.7. The van der Waals surface area contributed by atoms with E-state index in [1.165, 1.54) is 12.8 Å². The highest BCUT2D eigenvalue weighted by molar-refractivity contribution is 4.90. The Morgan fingerprint density at radius 3 is 1.86 bits per heavy atom. The molecule has 0 spiro atoms. The Bertz CT molecular complexity index is 160. The van der Waals surface area contributed by atoms with Crippen LogP contribution in [0, 0.1) is 16.7 Å². The van der Waals surface area contributed by atoms with Crippen LogP contribution in [0.5, 0.6) is 0 Å². The maximum absolute atomic E-state index is 5.98. The van der Waals surface area contributed by atoms with Crippen LogP contribution >= 0.6 is 0 Å². The van der Waals surface area contributed by atoms with Crippen LogP contribution in [-0.4, -0.2) is 12.7 Å². The molecule has 1 unspecified atom stereocenters. The summed E-state index contributed by atoms with van der Waals surface area (Å²) >= 11 is 0. The molecule has 1 fully saturated rings. The topological polar surface area (TPSA) is 9.23 Å². The summed E-state index contributed by atoms with van der Waals surface area (Å²) in [4.78, 5) is 0. The molecule has 1 saturated heterocycles. The molecule has 1 nitrogen and oxygen atoms in total. The lowest BCUT2D eigenvalue weighted by atomic mass is 9.67. The quantitative estimate of drug-likeness (QED) is 0.574. The lowest BCUT2D eigenvalue weighted by Gasteiger charge is -2.46. The summed E-state index contributed by atoms with van der Waals surface area (Å²) in [6, 6.07) is 0. The zero-order valence-corrected chi connectivity index (χ0v) is 10.7. The third-order valence-corrected chi connectivity index (χ3v) is 3.29. The molecule has 0 bridgehead atoms. The molecule has 0 aromatic rings. The summed E-state index contributed by atoms with van der Waals surface area (Å²) in [5, 5.41) is 0. The lowest BCUT2D eigenvalue weighted by molar-refractivity contribution is -0.115. The minimum atomic E-state index is 0.276. The lowest BCUT2D eigenvalue weighted by Crippen LogP contribution is -2.45. The van der Waals surface area contributed by atoms with Crippen LogP contribution in [0.4, 0.5) is 0 Å². The first-order valence-electron chi connectivity index (χ1n) is 5.84. The van der Waals surface area contributed by atoms with Gasteiger partial charge in [0, 0.05) is 6.61 Å². The molecular formula is C13H26O. The number of rotatable bonds is 0. The van der Waals surface area contributed by atoms with E-state index in [2.05, 4.69) is 41.5 Å². The molecule has 2 atom stereocenters. The molecule has 1 aliphatic heterocycles. The van der Waals surface area contributed by atoms with E-state index in [9.17, 15) is 0 Å². The molecule has 0 aromatic heterocycles. The van der Waals surface area contributed by atoms with Gasteiger partial charge in [0.05, 0.1) is 6.10 Å². The Kier molecular flexibility index (Phi) is 3.30. The monoisotopic (exact) mass is 198 g/mol. The van der Waals surface area contributed by atoms with Crippen molar-refractivity contribution in [2.24, 2.45) is 16.7 Å². The molecule has 1 heterocycles. The fraction of sp³-hybridized carbons (Fsp3) is 1.00. The molecule has 0 aromatic carbocycles. The first-order chi connectivity index (χ1) is 6.23. The van der Waals surface area contributed by atoms with Gasteiger partial charge in [-0.3, -0.25) is 0 Å². The second kappa shape index (κ2) is 3.84. The zero-order chi connectivity index (χ0) is 11.0. The number of hydrogen-bond acceptors (Lipinski definition) is 1. The number of hydrogen-bond donors (Lipinski definition) is 0. The van der Waals surface area contributed by atoms with E-state index in [1.54, 1.807) is 0 Å². The highest BCUT2D eigenvalue weighted by atomic mass is 16.5. The van der Waals surface area contributed by atoms with E-state index < -0.39 is 0 Å². The van der Waals surface area contributed by atoms with Crippen molar-refractivity contribution in [1.29, 1.82) is 0 Å². The molecule has 0 N–H and O–H groups in total. The highest BCUT2D eigenvalue weighted by Gasteiger charge is 2.40. The molecule has 84 valence electrons. The minimum absolute atomic E-state index is 0.276. The van der Waals surface area contributed by atoms with E-state index in [0.717, 1.165) is 6.61 Å². The van der Waals surface area contributed by atoms with Crippen molar-refractivity contribution >= 4 is 0 Å². The normalized spacial score (nSPS) is 30.4. The van der Waals surface area contributed by atoms with Crippen LogP contribution in [0.2, 0.25) is 0 Å². The van der Waals surface area contributed by atoms with Gasteiger partial charge in [-0.2, -0.15) is 0 Å². The Hall–Kier alpha value is -0.0400. The second-order valence-corrected chi connectivity index (χ2v) is 6.77. The highest BCUT2D eigenvalue weighted by Crippen LogP contribution is 2.43. The van der Waals surface area contributed by atoms with Gasteiger partial charge in [0.15, 0.2) is 0 Å². The molecule has 14 heavy (non-hydrogen) atoms. The van der Waals surface area contributed by atoms with Crippen LogP contribution < -0.4 is 0 Å². The van der Waals surface area contributed by atoms with Crippen LogP contribution in [0.3, 0.4) is 0 Å². The van der Waals surface area contributed by atoms with Crippen molar-refractivity contribution in [1.82, 2.24) is 0 Å². The average molecular weight is 198 g/mol. The molecule has 0 radical (unpaired) electrons. The van der Waals surface area contributed by atoms with Gasteiger partial charge >= 0.3 is 0 Å². The van der Waals surface area contributed by atoms with Crippen LogP contribution in [0.25, 0.3) is 0 Å². The van der Waals surface area contributed by atoms with Crippen molar-refractivity contribution in [3.8, 4) is 0 Å². The van der Waals surface area contributed by atoms with Gasteiger partial charge in [-0.1, -0.05) is 41.5 Å². The van der Waals surface area contributed by atoms with E-state index in [0.29, 0.717) is 17.4 Å². The largest absolute Gasteiger partial charge is 0.377 e. The molecule has 1 aliphatic rings. The Labute approximate surface area is 89.2 Å². The predicted octanol–water partition coefficient (Wildman–Crippen LogP) is 3.87. The molecule has 0 saturated carbocycles. The molecule has 1 rings (SSSR count). The Morgan fingerprint density at radius 2 is 1.50 bits per heavy atom. The standard InChI is InChI=1S/C13H26O/c1-12(2,3)10-8-7-9-14-11(10)13(4,5)6/h10-11H,7-9H2,1-6H3/t10-,11?/m0/s1. The van der Waals surface area contributed by atoms with Gasteiger partial charge < -0.3 is 4.74 Å². The third kappa shape index (κ3) is 2.73. The van der Waals surface area contributed by atoms with Gasteiger partial charge in [0.25, 0.3) is 0 Å². The van der Waals surface area contributed by atoms with Crippen molar-refractivity contribution < 1.29 is 4.74 Å². The van der Waals surface area contributed by atoms with Crippen LogP contribution in [-0.2, 0) is 4.74 Å². The Morgan fingerprint density at radius 1 is 0.929 bits per heavy atom. The summed E-state index contributed by atoms with van der Waals surface area (Å²) in [6.07, 6.45) is 2.98. The van der Waals surface area contributed by atoms with Gasteiger partial charge in [-0.05, 0) is 29.6 Å². The molecule has 0 aliphatic carbocycles. The van der Waals surface area contributed by atoms with E-state index >= 15 is 0 Å². The molecule has 0 amide bonds. The smallest absolute Gasteiger partial charge is 0.0656 e. The summed E-state index contributed by atoms with van der Waals surface area (Å²) in [5.41, 5.74) is 0.650. The predicted molar refractivity (Wildman–Crippen MR) is 61.4 cm³/mol. The van der Waals surface area contributed by atoms with Gasteiger partial charge in [0.1, 0.15) is 0 Å². The molecular weight excluding hydrogens is 172 g/mol. The van der Waals surface area contributed by atoms with Crippen molar-refractivity contribution in [2.75, 3.05) is 6.61 Å². The maximum atomic E-state index is 5.98. The van der Waals surface area contributed by atoms with Gasteiger partial charge in [-0.25, -0.2) is 0 Å². The fourth-order valence-corrected chi connectivity index (χ4v) is 2.52. The fourth-order valence-electron chi connectivity index (χ4n) is 2.52. The summed E-state index contributed by atoms with van der Waals surface area (Å²) in [5.74, 6) is 0.705. The Balaban J connectivity index is 2.80. The van der Waals surface area contributed by atoms with E-state index in [-0.39, 0.29) is 5.41 Å². The summed E-state index contributed by atoms with van der Waals surface area (Å²) in [7, 11) is 0. The summed E-state index contributed by atoms with van der Waals surface area (Å²) in [6.45, 7) is 14.8. The maximum Gasteiger partial charge on any atom is 0.0656 e. The minimum Gasteiger partial charge on any atom is -0.377 e. The van der Waals surface area contributed by atoms with Gasteiger partial charge in [-0.15, -0.1) is 0 Å².